The quantitative estimate of drug-likeness (QED) is 0.813. The molecule has 0 atom stereocenters. The van der Waals surface area contributed by atoms with Gasteiger partial charge < -0.3 is 20.3 Å². The van der Waals surface area contributed by atoms with Gasteiger partial charge in [0, 0.05) is 6.07 Å². The zero-order chi connectivity index (χ0) is 12.8. The van der Waals surface area contributed by atoms with Crippen LogP contribution < -0.4 is 15.8 Å². The lowest BCUT2D eigenvalue weighted by Gasteiger charge is -2.09. The fraction of sp³-hybridized carbons (Fsp3) is 0.333. The van der Waals surface area contributed by atoms with E-state index in [0.717, 1.165) is 12.1 Å². The molecule has 0 aliphatic carbocycles. The molecule has 0 saturated carbocycles. The van der Waals surface area contributed by atoms with E-state index >= 15 is 0 Å². The number of ether oxygens (including phenoxy) is 1. The van der Waals surface area contributed by atoms with Crippen molar-refractivity contribution in [3.63, 3.8) is 0 Å². The summed E-state index contributed by atoms with van der Waals surface area (Å²) in [6.07, 6.45) is 2.45. The Hall–Kier alpha value is -2.24. The molecule has 0 aliphatic rings. The third-order valence-electron chi connectivity index (χ3n) is 2.27. The molecule has 0 unspecified atom stereocenters. The molecule has 0 bridgehead atoms. The van der Waals surface area contributed by atoms with E-state index in [1.807, 2.05) is 6.92 Å². The summed E-state index contributed by atoms with van der Waals surface area (Å²) in [6, 6.07) is 5.36. The molecule has 96 valence electrons. The first kappa shape index (κ1) is 12.2. The van der Waals surface area contributed by atoms with Crippen molar-refractivity contribution in [1.29, 1.82) is 0 Å². The van der Waals surface area contributed by atoms with Crippen LogP contribution in [0.5, 0.6) is 5.88 Å². The number of nitrogen functional groups attached to an aromatic ring is 1. The first-order chi connectivity index (χ1) is 8.79. The number of aromatic nitrogens is 2. The topological polar surface area (TPSA) is 86.2 Å². The highest BCUT2D eigenvalue weighted by molar-refractivity contribution is 5.53. The Labute approximate surface area is 105 Å². The Morgan fingerprint density at radius 2 is 2.28 bits per heavy atom. The Bertz CT molecular complexity index is 485. The molecular formula is C12H16N4O2. The van der Waals surface area contributed by atoms with Gasteiger partial charge in [-0.05, 0) is 18.6 Å². The fourth-order valence-corrected chi connectivity index (χ4v) is 1.37. The maximum atomic E-state index is 5.78. The number of nitrogens with zero attached hydrogens (tertiary/aromatic N) is 2. The second-order valence-electron chi connectivity index (χ2n) is 3.78. The lowest BCUT2D eigenvalue weighted by Crippen LogP contribution is -2.05. The molecule has 6 heteroatoms. The molecule has 18 heavy (non-hydrogen) atoms. The number of nitrogens with two attached hydrogens (primary N) is 1. The van der Waals surface area contributed by atoms with Gasteiger partial charge in [0.25, 0.3) is 0 Å². The summed E-state index contributed by atoms with van der Waals surface area (Å²) < 4.78 is 10.2. The van der Waals surface area contributed by atoms with Crippen LogP contribution in [0, 0.1) is 0 Å². The van der Waals surface area contributed by atoms with Crippen LogP contribution in [0.4, 0.5) is 11.5 Å². The molecule has 0 saturated heterocycles. The predicted molar refractivity (Wildman–Crippen MR) is 68.3 cm³/mol. The molecular weight excluding hydrogens is 232 g/mol. The lowest BCUT2D eigenvalue weighted by atomic mass is 10.3. The first-order valence-corrected chi connectivity index (χ1v) is 5.82. The van der Waals surface area contributed by atoms with Gasteiger partial charge in [0.15, 0.2) is 0 Å². The summed E-state index contributed by atoms with van der Waals surface area (Å²) >= 11 is 0. The van der Waals surface area contributed by atoms with E-state index in [4.69, 9.17) is 15.0 Å². The molecule has 2 rings (SSSR count). The van der Waals surface area contributed by atoms with Gasteiger partial charge in [-0.1, -0.05) is 12.1 Å². The van der Waals surface area contributed by atoms with Crippen LogP contribution in [0.2, 0.25) is 0 Å². The number of nitrogens with one attached hydrogen (secondary N) is 1. The summed E-state index contributed by atoms with van der Waals surface area (Å²) in [5, 5.41) is 6.92. The van der Waals surface area contributed by atoms with Gasteiger partial charge in [0.1, 0.15) is 17.8 Å². The standard InChI is InChI=1S/C12H16N4O2/c1-2-6-17-12-10(13)3-4-11(15-12)14-8-9-5-7-18-16-9/h3-5,7H,2,6,8,13H2,1H3,(H,14,15). The molecule has 2 aromatic rings. The van der Waals surface area contributed by atoms with Gasteiger partial charge in [0.05, 0.1) is 18.8 Å². The zero-order valence-corrected chi connectivity index (χ0v) is 10.2. The Morgan fingerprint density at radius 3 is 3.00 bits per heavy atom. The first-order valence-electron chi connectivity index (χ1n) is 5.82. The number of hydrogen-bond acceptors (Lipinski definition) is 6. The Morgan fingerprint density at radius 1 is 1.39 bits per heavy atom. The molecule has 0 radical (unpaired) electrons. The van der Waals surface area contributed by atoms with Gasteiger partial charge >= 0.3 is 0 Å². The van der Waals surface area contributed by atoms with Gasteiger partial charge in [0.2, 0.25) is 5.88 Å². The van der Waals surface area contributed by atoms with E-state index in [9.17, 15) is 0 Å². The molecule has 0 amide bonds. The van der Waals surface area contributed by atoms with E-state index in [2.05, 4.69) is 15.5 Å². The molecule has 0 spiro atoms. The summed E-state index contributed by atoms with van der Waals surface area (Å²) in [7, 11) is 0. The Balaban J connectivity index is 2.00. The normalized spacial score (nSPS) is 10.3. The van der Waals surface area contributed by atoms with Crippen molar-refractivity contribution in [3.8, 4) is 5.88 Å². The van der Waals surface area contributed by atoms with Crippen LogP contribution in [-0.4, -0.2) is 16.7 Å². The van der Waals surface area contributed by atoms with Crippen molar-refractivity contribution in [3.05, 3.63) is 30.2 Å². The minimum absolute atomic E-state index is 0.460. The minimum atomic E-state index is 0.460. The summed E-state index contributed by atoms with van der Waals surface area (Å²) in [6.45, 7) is 3.17. The summed E-state index contributed by atoms with van der Waals surface area (Å²) in [5.41, 5.74) is 7.13. The van der Waals surface area contributed by atoms with Crippen molar-refractivity contribution < 1.29 is 9.26 Å². The molecule has 2 aromatic heterocycles. The average molecular weight is 248 g/mol. The summed E-state index contributed by atoms with van der Waals surface area (Å²) in [4.78, 5) is 4.29. The van der Waals surface area contributed by atoms with E-state index in [1.165, 1.54) is 6.26 Å². The van der Waals surface area contributed by atoms with Crippen molar-refractivity contribution in [1.82, 2.24) is 10.1 Å². The molecule has 0 aliphatic heterocycles. The van der Waals surface area contributed by atoms with E-state index in [0.29, 0.717) is 30.5 Å². The van der Waals surface area contributed by atoms with Crippen molar-refractivity contribution in [2.75, 3.05) is 17.7 Å². The van der Waals surface area contributed by atoms with Gasteiger partial charge in [-0.25, -0.2) is 0 Å². The number of hydrogen-bond donors (Lipinski definition) is 2. The van der Waals surface area contributed by atoms with Crippen LogP contribution in [0.3, 0.4) is 0 Å². The maximum Gasteiger partial charge on any atom is 0.239 e. The Kier molecular flexibility index (Phi) is 4.01. The molecule has 3 N–H and O–H groups in total. The van der Waals surface area contributed by atoms with Crippen LogP contribution in [-0.2, 0) is 6.54 Å². The van der Waals surface area contributed by atoms with E-state index < -0.39 is 0 Å². The average Bonchev–Trinajstić information content (AvgIpc) is 2.89. The van der Waals surface area contributed by atoms with Crippen LogP contribution in [0.15, 0.2) is 29.0 Å². The smallest absolute Gasteiger partial charge is 0.239 e. The van der Waals surface area contributed by atoms with E-state index in [-0.39, 0.29) is 0 Å². The lowest BCUT2D eigenvalue weighted by molar-refractivity contribution is 0.307. The second kappa shape index (κ2) is 5.90. The van der Waals surface area contributed by atoms with Gasteiger partial charge in [-0.15, -0.1) is 0 Å². The molecule has 0 aromatic carbocycles. The zero-order valence-electron chi connectivity index (χ0n) is 10.2. The van der Waals surface area contributed by atoms with E-state index in [1.54, 1.807) is 18.2 Å². The van der Waals surface area contributed by atoms with Crippen LogP contribution in [0.25, 0.3) is 0 Å². The SMILES string of the molecule is CCCOc1nc(NCc2ccon2)ccc1N. The highest BCUT2D eigenvalue weighted by Gasteiger charge is 2.04. The van der Waals surface area contributed by atoms with Crippen molar-refractivity contribution >= 4 is 11.5 Å². The monoisotopic (exact) mass is 248 g/mol. The third-order valence-corrected chi connectivity index (χ3v) is 2.27. The van der Waals surface area contributed by atoms with Gasteiger partial charge in [-0.3, -0.25) is 0 Å². The number of rotatable bonds is 6. The van der Waals surface area contributed by atoms with Gasteiger partial charge in [-0.2, -0.15) is 4.98 Å². The van der Waals surface area contributed by atoms with Crippen LogP contribution >= 0.6 is 0 Å². The van der Waals surface area contributed by atoms with Crippen molar-refractivity contribution in [2.45, 2.75) is 19.9 Å². The number of pyridine rings is 1. The minimum Gasteiger partial charge on any atom is -0.476 e. The predicted octanol–water partition coefficient (Wildman–Crippen LogP) is 2.05. The summed E-state index contributed by atoms with van der Waals surface area (Å²) in [5.74, 6) is 1.15. The van der Waals surface area contributed by atoms with Crippen molar-refractivity contribution in [2.24, 2.45) is 0 Å². The largest absolute Gasteiger partial charge is 0.476 e. The fourth-order valence-electron chi connectivity index (χ4n) is 1.37. The highest BCUT2D eigenvalue weighted by Crippen LogP contribution is 2.21. The highest BCUT2D eigenvalue weighted by atomic mass is 16.5. The van der Waals surface area contributed by atoms with Crippen LogP contribution in [0.1, 0.15) is 19.0 Å². The third kappa shape index (κ3) is 3.13. The second-order valence-corrected chi connectivity index (χ2v) is 3.78. The molecule has 0 fully saturated rings. The maximum absolute atomic E-state index is 5.78. The molecule has 2 heterocycles. The number of anilines is 2. The molecule has 6 nitrogen and oxygen atoms in total.